The predicted octanol–water partition coefficient (Wildman–Crippen LogP) is 6.64. The first-order valence-corrected chi connectivity index (χ1v) is 14.4. The van der Waals surface area contributed by atoms with Crippen LogP contribution in [0, 0.1) is 11.8 Å². The van der Waals surface area contributed by atoms with Crippen molar-refractivity contribution in [3.63, 3.8) is 0 Å². The Morgan fingerprint density at radius 3 is 1.05 bits per heavy atom. The van der Waals surface area contributed by atoms with Crippen LogP contribution in [0.2, 0.25) is 0 Å². The highest BCUT2D eigenvalue weighted by molar-refractivity contribution is 5.16. The van der Waals surface area contributed by atoms with Crippen molar-refractivity contribution in [1.29, 1.82) is 0 Å². The number of rotatable bonds is 17. The summed E-state index contributed by atoms with van der Waals surface area (Å²) in [6.07, 6.45) is 1.19. The molecule has 4 aromatic rings. The van der Waals surface area contributed by atoms with Gasteiger partial charge in [0.15, 0.2) is 0 Å². The molecule has 4 aromatic carbocycles. The minimum atomic E-state index is -0.930. The van der Waals surface area contributed by atoms with Crippen LogP contribution in [0.1, 0.15) is 35.1 Å². The molecule has 0 aliphatic rings. The van der Waals surface area contributed by atoms with Crippen molar-refractivity contribution in [3.05, 3.63) is 144 Å². The summed E-state index contributed by atoms with van der Waals surface area (Å²) in [6, 6.07) is 40.7. The minimum absolute atomic E-state index is 0.215. The van der Waals surface area contributed by atoms with Gasteiger partial charge >= 0.3 is 0 Å². The smallest absolute Gasteiger partial charge is 0.0852 e. The second kappa shape index (κ2) is 16.7. The van der Waals surface area contributed by atoms with Gasteiger partial charge in [-0.2, -0.15) is 0 Å². The van der Waals surface area contributed by atoms with Crippen molar-refractivity contribution in [2.75, 3.05) is 13.2 Å². The highest BCUT2D eigenvalue weighted by Gasteiger charge is 2.32. The van der Waals surface area contributed by atoms with Gasteiger partial charge < -0.3 is 19.7 Å². The topological polar surface area (TPSA) is 58.9 Å². The zero-order valence-corrected chi connectivity index (χ0v) is 23.2. The van der Waals surface area contributed by atoms with Crippen LogP contribution in [0.5, 0.6) is 0 Å². The first-order valence-electron chi connectivity index (χ1n) is 14.4. The van der Waals surface area contributed by atoms with E-state index in [0.29, 0.717) is 39.3 Å². The molecule has 0 bridgehead atoms. The van der Waals surface area contributed by atoms with E-state index in [1.165, 1.54) is 11.1 Å². The Kier molecular flexibility index (Phi) is 12.4. The molecule has 0 amide bonds. The van der Waals surface area contributed by atoms with Gasteiger partial charge in [-0.15, -0.1) is 0 Å². The maximum absolute atomic E-state index is 11.6. The van der Waals surface area contributed by atoms with Gasteiger partial charge in [0.05, 0.1) is 38.6 Å². The van der Waals surface area contributed by atoms with Gasteiger partial charge in [0.1, 0.15) is 0 Å². The van der Waals surface area contributed by atoms with Crippen LogP contribution in [0.3, 0.4) is 0 Å². The summed E-state index contributed by atoms with van der Waals surface area (Å²) >= 11 is 0. The van der Waals surface area contributed by atoms with Crippen LogP contribution in [0.4, 0.5) is 0 Å². The highest BCUT2D eigenvalue weighted by atomic mass is 16.5. The van der Waals surface area contributed by atoms with Gasteiger partial charge in [0, 0.05) is 11.8 Å². The molecule has 4 atom stereocenters. The fraction of sp³-hybridized carbons (Fsp3) is 0.333. The summed E-state index contributed by atoms with van der Waals surface area (Å²) in [6.45, 7) is 1.69. The molecular weight excluding hydrogens is 496 g/mol. The van der Waals surface area contributed by atoms with E-state index in [9.17, 15) is 10.2 Å². The van der Waals surface area contributed by atoms with E-state index >= 15 is 0 Å². The van der Waals surface area contributed by atoms with Crippen molar-refractivity contribution in [2.45, 2.75) is 51.1 Å². The number of aryl methyl sites for hydroxylation is 2. The Balaban J connectivity index is 1.42. The van der Waals surface area contributed by atoms with E-state index in [4.69, 9.17) is 9.47 Å². The van der Waals surface area contributed by atoms with Crippen LogP contribution < -0.4 is 0 Å². The molecule has 4 rings (SSSR count). The molecule has 0 saturated heterocycles. The van der Waals surface area contributed by atoms with Crippen LogP contribution in [-0.2, 0) is 35.5 Å². The summed E-state index contributed by atoms with van der Waals surface area (Å²) in [5.74, 6) is -0.431. The van der Waals surface area contributed by atoms with E-state index in [0.717, 1.165) is 24.0 Å². The van der Waals surface area contributed by atoms with Crippen LogP contribution in [-0.4, -0.2) is 35.6 Å². The van der Waals surface area contributed by atoms with Gasteiger partial charge in [-0.05, 0) is 47.9 Å². The van der Waals surface area contributed by atoms with Gasteiger partial charge in [-0.25, -0.2) is 0 Å². The number of ether oxygens (including phenoxy) is 2. The standard InChI is InChI=1S/C36H42O4/c37-35(33(23-21-29-13-5-1-6-14-29)27-39-25-31-17-9-3-10-18-31)36(38)34(24-22-30-15-7-2-8-16-30)28-40-26-32-19-11-4-12-20-32/h1-20,33-38H,21-28H2/t33-,34-,35?,36?/m0/s1. The Morgan fingerprint density at radius 2 is 0.725 bits per heavy atom. The molecule has 2 N–H and O–H groups in total. The summed E-state index contributed by atoms with van der Waals surface area (Å²) in [5, 5.41) is 23.1. The highest BCUT2D eigenvalue weighted by Crippen LogP contribution is 2.25. The fourth-order valence-electron chi connectivity index (χ4n) is 5.06. The lowest BCUT2D eigenvalue weighted by Gasteiger charge is -2.32. The number of hydrogen-bond donors (Lipinski definition) is 2. The summed E-state index contributed by atoms with van der Waals surface area (Å²) < 4.78 is 12.2. The van der Waals surface area contributed by atoms with Crippen molar-refractivity contribution < 1.29 is 19.7 Å². The van der Waals surface area contributed by atoms with E-state index in [2.05, 4.69) is 24.3 Å². The summed E-state index contributed by atoms with van der Waals surface area (Å²) in [7, 11) is 0. The molecule has 0 aliphatic carbocycles. The van der Waals surface area contributed by atoms with Gasteiger partial charge in [0.25, 0.3) is 0 Å². The average Bonchev–Trinajstić information content (AvgIpc) is 3.02. The van der Waals surface area contributed by atoms with E-state index in [-0.39, 0.29) is 11.8 Å². The second-order valence-electron chi connectivity index (χ2n) is 10.6. The molecule has 0 aromatic heterocycles. The molecule has 40 heavy (non-hydrogen) atoms. The molecule has 0 fully saturated rings. The van der Waals surface area contributed by atoms with Crippen molar-refractivity contribution in [3.8, 4) is 0 Å². The molecule has 0 radical (unpaired) electrons. The fourth-order valence-corrected chi connectivity index (χ4v) is 5.06. The maximum Gasteiger partial charge on any atom is 0.0852 e. The quantitative estimate of drug-likeness (QED) is 0.158. The number of aliphatic hydroxyl groups is 2. The first-order chi connectivity index (χ1) is 19.7. The first kappa shape index (κ1) is 29.7. The van der Waals surface area contributed by atoms with E-state index < -0.39 is 12.2 Å². The Hall–Kier alpha value is -3.28. The van der Waals surface area contributed by atoms with Crippen LogP contribution in [0.25, 0.3) is 0 Å². The number of hydrogen-bond acceptors (Lipinski definition) is 4. The largest absolute Gasteiger partial charge is 0.390 e. The number of aliphatic hydroxyl groups excluding tert-OH is 2. The lowest BCUT2D eigenvalue weighted by atomic mass is 9.84. The lowest BCUT2D eigenvalue weighted by molar-refractivity contribution is -0.0882. The van der Waals surface area contributed by atoms with Crippen molar-refractivity contribution >= 4 is 0 Å². The summed E-state index contributed by atoms with van der Waals surface area (Å²) in [4.78, 5) is 0. The molecular formula is C36H42O4. The third kappa shape index (κ3) is 10.0. The molecule has 0 aliphatic heterocycles. The van der Waals surface area contributed by atoms with Crippen molar-refractivity contribution in [1.82, 2.24) is 0 Å². The Bertz CT molecular complexity index is 1090. The zero-order chi connectivity index (χ0) is 27.8. The molecule has 0 saturated carbocycles. The van der Waals surface area contributed by atoms with Gasteiger partial charge in [-0.3, -0.25) is 0 Å². The van der Waals surface area contributed by atoms with Crippen LogP contribution >= 0.6 is 0 Å². The predicted molar refractivity (Wildman–Crippen MR) is 161 cm³/mol. The third-order valence-corrected chi connectivity index (χ3v) is 7.50. The van der Waals surface area contributed by atoms with E-state index in [1.54, 1.807) is 0 Å². The molecule has 2 unspecified atom stereocenters. The normalized spacial score (nSPS) is 14.3. The average molecular weight is 539 g/mol. The second-order valence-corrected chi connectivity index (χ2v) is 10.6. The molecule has 4 nitrogen and oxygen atoms in total. The van der Waals surface area contributed by atoms with Gasteiger partial charge in [0.2, 0.25) is 0 Å². The van der Waals surface area contributed by atoms with Crippen molar-refractivity contribution in [2.24, 2.45) is 11.8 Å². The molecule has 0 heterocycles. The maximum atomic E-state index is 11.6. The lowest BCUT2D eigenvalue weighted by Crippen LogP contribution is -2.42. The Morgan fingerprint density at radius 1 is 0.425 bits per heavy atom. The molecule has 0 spiro atoms. The molecule has 210 valence electrons. The van der Waals surface area contributed by atoms with Gasteiger partial charge in [-0.1, -0.05) is 121 Å². The number of benzene rings is 4. The Labute approximate surface area is 239 Å². The van der Waals surface area contributed by atoms with E-state index in [1.807, 2.05) is 97.1 Å². The SMILES string of the molecule is OC(C(O)[C@@H](CCc1ccccc1)COCc1ccccc1)[C@@H](CCc1ccccc1)COCc1ccccc1. The third-order valence-electron chi connectivity index (χ3n) is 7.50. The monoisotopic (exact) mass is 538 g/mol. The molecule has 4 heteroatoms. The minimum Gasteiger partial charge on any atom is -0.390 e. The zero-order valence-electron chi connectivity index (χ0n) is 23.2. The van der Waals surface area contributed by atoms with Crippen LogP contribution in [0.15, 0.2) is 121 Å². The summed E-state index contributed by atoms with van der Waals surface area (Å²) in [5.41, 5.74) is 4.61.